The molecule has 6 heteroatoms. The average molecular weight is 285 g/mol. The van der Waals surface area contributed by atoms with Gasteiger partial charge in [-0.15, -0.1) is 10.2 Å². The highest BCUT2D eigenvalue weighted by atomic mass is 32.1. The van der Waals surface area contributed by atoms with Crippen molar-refractivity contribution in [1.29, 1.82) is 0 Å². The molecule has 0 aliphatic rings. The Balaban J connectivity index is 1.74. The van der Waals surface area contributed by atoms with Crippen molar-refractivity contribution in [2.75, 3.05) is 5.32 Å². The second-order valence-electron chi connectivity index (χ2n) is 4.53. The Labute approximate surface area is 121 Å². The molecule has 3 rings (SSSR count). The maximum atomic E-state index is 4.22. The summed E-state index contributed by atoms with van der Waals surface area (Å²) in [6.07, 6.45) is 3.70. The summed E-state index contributed by atoms with van der Waals surface area (Å²) < 4.78 is 1.84. The second kappa shape index (κ2) is 5.42. The van der Waals surface area contributed by atoms with Crippen LogP contribution in [0.4, 0.5) is 5.13 Å². The van der Waals surface area contributed by atoms with Gasteiger partial charge in [0.25, 0.3) is 0 Å². The van der Waals surface area contributed by atoms with Gasteiger partial charge in [-0.05, 0) is 37.6 Å². The lowest BCUT2D eigenvalue weighted by atomic mass is 10.1. The zero-order valence-corrected chi connectivity index (χ0v) is 12.1. The molecule has 1 N–H and O–H groups in total. The molecule has 0 aliphatic heterocycles. The van der Waals surface area contributed by atoms with Crippen LogP contribution in [0.25, 0.3) is 5.69 Å². The van der Waals surface area contributed by atoms with Crippen molar-refractivity contribution in [2.24, 2.45) is 0 Å². The molecule has 102 valence electrons. The Morgan fingerprint density at radius 3 is 2.60 bits per heavy atom. The number of nitrogens with one attached hydrogen (secondary N) is 1. The first kappa shape index (κ1) is 12.8. The number of aryl methyl sites for hydroxylation is 1. The van der Waals surface area contributed by atoms with Gasteiger partial charge in [-0.1, -0.05) is 23.5 Å². The highest BCUT2D eigenvalue weighted by Gasteiger charge is 2.08. The lowest BCUT2D eigenvalue weighted by Gasteiger charge is -2.13. The lowest BCUT2D eigenvalue weighted by Crippen LogP contribution is -2.06. The summed E-state index contributed by atoms with van der Waals surface area (Å²) in [5.74, 6) is 0. The zero-order valence-electron chi connectivity index (χ0n) is 11.3. The molecule has 5 nitrogen and oxygen atoms in total. The third-order valence-corrected chi connectivity index (χ3v) is 3.80. The van der Waals surface area contributed by atoms with Crippen LogP contribution in [0.1, 0.15) is 23.5 Å². The van der Waals surface area contributed by atoms with Crippen LogP contribution < -0.4 is 5.32 Å². The van der Waals surface area contributed by atoms with Gasteiger partial charge in [-0.25, -0.2) is 4.68 Å². The minimum Gasteiger partial charge on any atom is -0.354 e. The maximum absolute atomic E-state index is 4.22. The monoisotopic (exact) mass is 285 g/mol. The minimum atomic E-state index is 0.189. The van der Waals surface area contributed by atoms with E-state index in [4.69, 9.17) is 0 Å². The third kappa shape index (κ3) is 2.70. The van der Waals surface area contributed by atoms with Crippen LogP contribution in [0.5, 0.6) is 0 Å². The molecule has 0 fully saturated rings. The van der Waals surface area contributed by atoms with Crippen LogP contribution in [-0.2, 0) is 0 Å². The van der Waals surface area contributed by atoms with E-state index in [1.165, 1.54) is 5.56 Å². The van der Waals surface area contributed by atoms with Gasteiger partial charge >= 0.3 is 0 Å². The molecule has 20 heavy (non-hydrogen) atoms. The SMILES string of the molecule is Cc1nnc(NC(C)c2ccc(-n3cccn3)cc2)s1. The first-order valence-electron chi connectivity index (χ1n) is 6.39. The van der Waals surface area contributed by atoms with Crippen molar-refractivity contribution in [2.45, 2.75) is 19.9 Å². The van der Waals surface area contributed by atoms with Gasteiger partial charge in [-0.2, -0.15) is 5.10 Å². The summed E-state index contributed by atoms with van der Waals surface area (Å²) in [5.41, 5.74) is 2.26. The predicted octanol–water partition coefficient (Wildman–Crippen LogP) is 3.21. The largest absolute Gasteiger partial charge is 0.354 e. The summed E-state index contributed by atoms with van der Waals surface area (Å²) in [6.45, 7) is 4.06. The van der Waals surface area contributed by atoms with Crippen LogP contribution >= 0.6 is 11.3 Å². The molecule has 1 unspecified atom stereocenters. The number of rotatable bonds is 4. The van der Waals surface area contributed by atoms with Crippen LogP contribution in [0.15, 0.2) is 42.7 Å². The normalized spacial score (nSPS) is 12.3. The van der Waals surface area contributed by atoms with Gasteiger partial charge in [0.2, 0.25) is 5.13 Å². The van der Waals surface area contributed by atoms with Crippen molar-refractivity contribution in [3.63, 3.8) is 0 Å². The van der Waals surface area contributed by atoms with E-state index in [1.807, 2.05) is 23.9 Å². The molecule has 0 aliphatic carbocycles. The van der Waals surface area contributed by atoms with Crippen LogP contribution in [0, 0.1) is 6.92 Å². The third-order valence-electron chi connectivity index (χ3n) is 3.03. The number of hydrogen-bond acceptors (Lipinski definition) is 5. The summed E-state index contributed by atoms with van der Waals surface area (Å²) in [6, 6.07) is 10.4. The smallest absolute Gasteiger partial charge is 0.206 e. The highest BCUT2D eigenvalue weighted by molar-refractivity contribution is 7.15. The van der Waals surface area contributed by atoms with Gasteiger partial charge in [0.15, 0.2) is 0 Å². The van der Waals surface area contributed by atoms with Gasteiger partial charge < -0.3 is 5.32 Å². The first-order valence-corrected chi connectivity index (χ1v) is 7.20. The summed E-state index contributed by atoms with van der Waals surface area (Å²) in [4.78, 5) is 0. The Hall–Kier alpha value is -2.21. The summed E-state index contributed by atoms with van der Waals surface area (Å²) >= 11 is 1.56. The molecular formula is C14H15N5S. The van der Waals surface area contributed by atoms with Crippen molar-refractivity contribution in [3.05, 3.63) is 53.3 Å². The molecule has 1 aromatic carbocycles. The fourth-order valence-electron chi connectivity index (χ4n) is 1.96. The van der Waals surface area contributed by atoms with E-state index >= 15 is 0 Å². The number of hydrogen-bond donors (Lipinski definition) is 1. The van der Waals surface area contributed by atoms with E-state index < -0.39 is 0 Å². The molecule has 1 atom stereocenters. The van der Waals surface area contributed by atoms with Crippen molar-refractivity contribution >= 4 is 16.5 Å². The zero-order chi connectivity index (χ0) is 13.9. The van der Waals surface area contributed by atoms with E-state index in [2.05, 4.69) is 51.8 Å². The van der Waals surface area contributed by atoms with E-state index in [1.54, 1.807) is 17.5 Å². The highest BCUT2D eigenvalue weighted by Crippen LogP contribution is 2.22. The average Bonchev–Trinajstić information content (AvgIpc) is 3.11. The Kier molecular flexibility index (Phi) is 3.47. The molecule has 0 saturated heterocycles. The molecule has 0 bridgehead atoms. The van der Waals surface area contributed by atoms with E-state index in [9.17, 15) is 0 Å². The van der Waals surface area contributed by atoms with Crippen LogP contribution in [0.3, 0.4) is 0 Å². The van der Waals surface area contributed by atoms with Gasteiger partial charge in [0.05, 0.1) is 11.7 Å². The van der Waals surface area contributed by atoms with Gasteiger partial charge in [0, 0.05) is 12.4 Å². The maximum Gasteiger partial charge on any atom is 0.206 e. The quantitative estimate of drug-likeness (QED) is 0.799. The molecule has 0 spiro atoms. The second-order valence-corrected chi connectivity index (χ2v) is 5.72. The fourth-order valence-corrected chi connectivity index (χ4v) is 2.64. The molecular weight excluding hydrogens is 270 g/mol. The topological polar surface area (TPSA) is 55.6 Å². The van der Waals surface area contributed by atoms with E-state index in [0.29, 0.717) is 0 Å². The first-order chi connectivity index (χ1) is 9.72. The molecule has 0 saturated carbocycles. The van der Waals surface area contributed by atoms with Crippen LogP contribution in [-0.4, -0.2) is 20.0 Å². The molecule has 0 radical (unpaired) electrons. The van der Waals surface area contributed by atoms with Crippen molar-refractivity contribution in [3.8, 4) is 5.69 Å². The minimum absolute atomic E-state index is 0.189. The summed E-state index contributed by atoms with van der Waals surface area (Å²) in [5, 5.41) is 17.5. The molecule has 2 heterocycles. The summed E-state index contributed by atoms with van der Waals surface area (Å²) in [7, 11) is 0. The van der Waals surface area contributed by atoms with E-state index in [-0.39, 0.29) is 6.04 Å². The van der Waals surface area contributed by atoms with Crippen LogP contribution in [0.2, 0.25) is 0 Å². The predicted molar refractivity (Wildman–Crippen MR) is 80.2 cm³/mol. The number of benzene rings is 1. The Morgan fingerprint density at radius 1 is 1.20 bits per heavy atom. The molecule has 3 aromatic rings. The van der Waals surface area contributed by atoms with Crippen molar-refractivity contribution in [1.82, 2.24) is 20.0 Å². The van der Waals surface area contributed by atoms with Gasteiger partial charge in [-0.3, -0.25) is 0 Å². The molecule has 0 amide bonds. The fraction of sp³-hybridized carbons (Fsp3) is 0.214. The Bertz CT molecular complexity index is 672. The lowest BCUT2D eigenvalue weighted by molar-refractivity contribution is 0.858. The number of anilines is 1. The standard InChI is InChI=1S/C14H15N5S/c1-10(16-14-18-17-11(2)20-14)12-4-6-13(7-5-12)19-9-3-8-15-19/h3-10H,1-2H3,(H,16,18). The number of aromatic nitrogens is 4. The van der Waals surface area contributed by atoms with E-state index in [0.717, 1.165) is 15.8 Å². The molecule has 2 aromatic heterocycles. The Morgan fingerprint density at radius 2 is 2.00 bits per heavy atom. The van der Waals surface area contributed by atoms with Crippen molar-refractivity contribution < 1.29 is 0 Å². The number of nitrogens with zero attached hydrogens (tertiary/aromatic N) is 4. The van der Waals surface area contributed by atoms with Gasteiger partial charge in [0.1, 0.15) is 5.01 Å².